The number of carbonyl (C=O) groups is 1. The Bertz CT molecular complexity index is 276. The summed E-state index contributed by atoms with van der Waals surface area (Å²) in [5.41, 5.74) is 0. The van der Waals surface area contributed by atoms with E-state index in [0.717, 1.165) is 0 Å². The molecule has 0 amide bonds. The van der Waals surface area contributed by atoms with Crippen LogP contribution in [0.4, 0.5) is 0 Å². The molecule has 14 heavy (non-hydrogen) atoms. The second-order valence-corrected chi connectivity index (χ2v) is 3.94. The first-order valence-electron chi connectivity index (χ1n) is 4.02. The third kappa shape index (κ3) is 2.83. The summed E-state index contributed by atoms with van der Waals surface area (Å²) >= 11 is 0. The van der Waals surface area contributed by atoms with Crippen LogP contribution in [0.1, 0.15) is 6.92 Å². The molecule has 80 valence electrons. The van der Waals surface area contributed by atoms with Crippen molar-refractivity contribution in [3.8, 4) is 0 Å². The molecule has 0 aromatic carbocycles. The van der Waals surface area contributed by atoms with Crippen molar-refractivity contribution in [3.05, 3.63) is 12.3 Å². The highest BCUT2D eigenvalue weighted by Gasteiger charge is 2.35. The standard InChI is InChI=1S/C7H11O6P/c1-3-10-7(8)6(2)13-14(9)11-4-5-12-14/h2-5H2,1H3. The van der Waals surface area contributed by atoms with Gasteiger partial charge in [-0.05, 0) is 13.5 Å². The highest BCUT2D eigenvalue weighted by atomic mass is 31.2. The molecule has 1 saturated heterocycles. The summed E-state index contributed by atoms with van der Waals surface area (Å²) < 4.78 is 30.0. The fourth-order valence-corrected chi connectivity index (χ4v) is 1.89. The van der Waals surface area contributed by atoms with Crippen molar-refractivity contribution < 1.29 is 27.7 Å². The molecule has 0 aromatic heterocycles. The molecule has 0 unspecified atom stereocenters. The van der Waals surface area contributed by atoms with Gasteiger partial charge in [-0.15, -0.1) is 0 Å². The van der Waals surface area contributed by atoms with E-state index in [4.69, 9.17) is 0 Å². The summed E-state index contributed by atoms with van der Waals surface area (Å²) in [7, 11) is -3.60. The predicted molar refractivity (Wildman–Crippen MR) is 46.4 cm³/mol. The third-order valence-corrected chi connectivity index (χ3v) is 2.75. The molecule has 0 radical (unpaired) electrons. The van der Waals surface area contributed by atoms with Crippen molar-refractivity contribution in [1.82, 2.24) is 0 Å². The molecule has 0 spiro atoms. The fraction of sp³-hybridized carbons (Fsp3) is 0.571. The van der Waals surface area contributed by atoms with Gasteiger partial charge in [0.1, 0.15) is 0 Å². The van der Waals surface area contributed by atoms with E-state index < -0.39 is 13.8 Å². The van der Waals surface area contributed by atoms with E-state index in [1.54, 1.807) is 6.92 Å². The number of rotatable bonds is 4. The zero-order valence-electron chi connectivity index (χ0n) is 7.73. The van der Waals surface area contributed by atoms with E-state index >= 15 is 0 Å². The van der Waals surface area contributed by atoms with Gasteiger partial charge in [0.05, 0.1) is 19.8 Å². The van der Waals surface area contributed by atoms with Crippen LogP contribution in [0.25, 0.3) is 0 Å². The number of phosphoric acid groups is 1. The molecule has 0 saturated carbocycles. The molecular formula is C7H11O6P. The van der Waals surface area contributed by atoms with E-state index in [1.807, 2.05) is 0 Å². The Balaban J connectivity index is 2.47. The molecule has 6 nitrogen and oxygen atoms in total. The minimum Gasteiger partial charge on any atom is -0.460 e. The van der Waals surface area contributed by atoms with Gasteiger partial charge >= 0.3 is 13.8 Å². The zero-order chi connectivity index (χ0) is 10.6. The van der Waals surface area contributed by atoms with Crippen LogP contribution in [0, 0.1) is 0 Å². The number of ether oxygens (including phenoxy) is 1. The third-order valence-electron chi connectivity index (χ3n) is 1.31. The van der Waals surface area contributed by atoms with Gasteiger partial charge in [0.2, 0.25) is 5.76 Å². The second-order valence-electron chi connectivity index (χ2n) is 2.35. The minimum absolute atomic E-state index is 0.174. The topological polar surface area (TPSA) is 71.1 Å². The SMILES string of the molecule is C=C(OP1(=O)OCCO1)C(=O)OCC. The normalized spacial score (nSPS) is 18.9. The lowest BCUT2D eigenvalue weighted by Gasteiger charge is -2.11. The van der Waals surface area contributed by atoms with E-state index in [1.165, 1.54) is 0 Å². The van der Waals surface area contributed by atoms with E-state index in [2.05, 4.69) is 24.9 Å². The van der Waals surface area contributed by atoms with Crippen LogP contribution in [0.2, 0.25) is 0 Å². The van der Waals surface area contributed by atoms with Crippen LogP contribution in [0.15, 0.2) is 12.3 Å². The highest BCUT2D eigenvalue weighted by Crippen LogP contribution is 2.54. The molecule has 0 atom stereocenters. The Morgan fingerprint density at radius 1 is 1.50 bits per heavy atom. The number of phosphoric ester groups is 1. The van der Waals surface area contributed by atoms with Crippen LogP contribution in [-0.2, 0) is 27.7 Å². The van der Waals surface area contributed by atoms with Crippen LogP contribution in [-0.4, -0.2) is 25.8 Å². The lowest BCUT2D eigenvalue weighted by Crippen LogP contribution is -2.08. The molecule has 1 aliphatic rings. The largest absolute Gasteiger partial charge is 0.530 e. The van der Waals surface area contributed by atoms with Crippen LogP contribution >= 0.6 is 7.82 Å². The van der Waals surface area contributed by atoms with Crippen LogP contribution in [0.5, 0.6) is 0 Å². The van der Waals surface area contributed by atoms with E-state index in [9.17, 15) is 9.36 Å². The fourth-order valence-electron chi connectivity index (χ4n) is 0.772. The van der Waals surface area contributed by atoms with Crippen molar-refractivity contribution in [2.45, 2.75) is 6.92 Å². The predicted octanol–water partition coefficient (Wildman–Crippen LogP) is 1.23. The van der Waals surface area contributed by atoms with Gasteiger partial charge in [-0.1, -0.05) is 0 Å². The Labute approximate surface area is 81.4 Å². The Hall–Kier alpha value is -0.840. The van der Waals surface area contributed by atoms with Crippen LogP contribution < -0.4 is 0 Å². The molecule has 0 aromatic rings. The molecule has 1 heterocycles. The average molecular weight is 222 g/mol. The molecule has 0 bridgehead atoms. The monoisotopic (exact) mass is 222 g/mol. The van der Waals surface area contributed by atoms with Crippen molar-refractivity contribution >= 4 is 13.8 Å². The quantitative estimate of drug-likeness (QED) is 0.308. The zero-order valence-corrected chi connectivity index (χ0v) is 8.62. The van der Waals surface area contributed by atoms with Crippen molar-refractivity contribution in [2.24, 2.45) is 0 Å². The maximum Gasteiger partial charge on any atom is 0.530 e. The molecule has 7 heteroatoms. The van der Waals surface area contributed by atoms with Crippen molar-refractivity contribution in [2.75, 3.05) is 19.8 Å². The van der Waals surface area contributed by atoms with Gasteiger partial charge in [-0.2, -0.15) is 0 Å². The molecule has 0 aliphatic carbocycles. The maximum absolute atomic E-state index is 11.4. The van der Waals surface area contributed by atoms with Gasteiger partial charge in [0, 0.05) is 0 Å². The average Bonchev–Trinajstić information content (AvgIpc) is 2.52. The van der Waals surface area contributed by atoms with Crippen molar-refractivity contribution in [3.63, 3.8) is 0 Å². The lowest BCUT2D eigenvalue weighted by molar-refractivity contribution is -0.141. The summed E-state index contributed by atoms with van der Waals surface area (Å²) in [5, 5.41) is 0. The number of carbonyl (C=O) groups excluding carboxylic acids is 1. The summed E-state index contributed by atoms with van der Waals surface area (Å²) in [6.07, 6.45) is 0. The molecule has 0 N–H and O–H groups in total. The lowest BCUT2D eigenvalue weighted by atomic mass is 10.6. The summed E-state index contributed by atoms with van der Waals surface area (Å²) in [6.45, 7) is 5.42. The van der Waals surface area contributed by atoms with Gasteiger partial charge in [-0.25, -0.2) is 9.36 Å². The first kappa shape index (κ1) is 11.2. The first-order valence-corrected chi connectivity index (χ1v) is 5.48. The summed E-state index contributed by atoms with van der Waals surface area (Å²) in [4.78, 5) is 11.0. The minimum atomic E-state index is -3.60. The summed E-state index contributed by atoms with van der Waals surface area (Å²) in [5.74, 6) is -1.15. The Morgan fingerprint density at radius 3 is 2.57 bits per heavy atom. The van der Waals surface area contributed by atoms with Gasteiger partial charge < -0.3 is 9.26 Å². The highest BCUT2D eigenvalue weighted by molar-refractivity contribution is 7.48. The first-order chi connectivity index (χ1) is 6.57. The van der Waals surface area contributed by atoms with Crippen LogP contribution in [0.3, 0.4) is 0 Å². The number of hydrogen-bond donors (Lipinski definition) is 0. The Kier molecular flexibility index (Phi) is 3.69. The molecule has 1 fully saturated rings. The molecule has 1 rings (SSSR count). The van der Waals surface area contributed by atoms with Gasteiger partial charge in [0.15, 0.2) is 0 Å². The second kappa shape index (κ2) is 4.59. The van der Waals surface area contributed by atoms with Gasteiger partial charge in [-0.3, -0.25) is 9.05 Å². The number of esters is 1. The molecule has 1 aliphatic heterocycles. The summed E-state index contributed by atoms with van der Waals surface area (Å²) in [6, 6.07) is 0. The maximum atomic E-state index is 11.4. The number of hydrogen-bond acceptors (Lipinski definition) is 6. The smallest absolute Gasteiger partial charge is 0.460 e. The van der Waals surface area contributed by atoms with Crippen molar-refractivity contribution in [1.29, 1.82) is 0 Å². The Morgan fingerprint density at radius 2 is 2.07 bits per heavy atom. The van der Waals surface area contributed by atoms with E-state index in [-0.39, 0.29) is 25.6 Å². The van der Waals surface area contributed by atoms with E-state index in [0.29, 0.717) is 0 Å². The molecular weight excluding hydrogens is 211 g/mol. The van der Waals surface area contributed by atoms with Gasteiger partial charge in [0.25, 0.3) is 0 Å².